The summed E-state index contributed by atoms with van der Waals surface area (Å²) in [6.45, 7) is 5.18. The van der Waals surface area contributed by atoms with E-state index >= 15 is 0 Å². The van der Waals surface area contributed by atoms with Gasteiger partial charge in [-0.3, -0.25) is 4.79 Å². The highest BCUT2D eigenvalue weighted by atomic mass is 16.6. The summed E-state index contributed by atoms with van der Waals surface area (Å²) in [5.74, 6) is 1.80. The first-order valence-electron chi connectivity index (χ1n) is 8.85. The van der Waals surface area contributed by atoms with E-state index in [0.717, 1.165) is 11.1 Å². The zero-order valence-electron chi connectivity index (χ0n) is 17.1. The summed E-state index contributed by atoms with van der Waals surface area (Å²) >= 11 is 0. The molecule has 0 aliphatic rings. The number of methoxy groups -OCH3 is 3. The van der Waals surface area contributed by atoms with Crippen molar-refractivity contribution in [3.05, 3.63) is 47.5 Å². The molecular formula is C22H26O6. The van der Waals surface area contributed by atoms with E-state index in [2.05, 4.69) is 0 Å². The standard InChI is InChI=1S/C22H26O6/c1-7-8-16-9-10-18(19(11-16)24-4)27-14(2)17-12-20(25-5)22(28-15(3)23)21(13-17)26-6/h7-14H,1-6H3/b8-7-. The van der Waals surface area contributed by atoms with Crippen LogP contribution in [0.5, 0.6) is 28.7 Å². The van der Waals surface area contributed by atoms with Gasteiger partial charge in [-0.15, -0.1) is 0 Å². The molecule has 0 heterocycles. The molecule has 0 saturated carbocycles. The van der Waals surface area contributed by atoms with Crippen LogP contribution in [0.25, 0.3) is 6.08 Å². The molecule has 0 fully saturated rings. The molecule has 2 aromatic carbocycles. The third-order valence-electron chi connectivity index (χ3n) is 4.05. The van der Waals surface area contributed by atoms with Crippen LogP contribution >= 0.6 is 0 Å². The number of carbonyl (C=O) groups is 1. The van der Waals surface area contributed by atoms with Crippen molar-refractivity contribution in [1.29, 1.82) is 0 Å². The Labute approximate surface area is 165 Å². The number of hydrogen-bond donors (Lipinski definition) is 0. The minimum absolute atomic E-state index is 0.238. The number of hydrogen-bond acceptors (Lipinski definition) is 6. The van der Waals surface area contributed by atoms with Crippen molar-refractivity contribution in [2.24, 2.45) is 0 Å². The fourth-order valence-corrected chi connectivity index (χ4v) is 2.72. The lowest BCUT2D eigenvalue weighted by Crippen LogP contribution is -2.08. The first kappa shape index (κ1) is 21.2. The lowest BCUT2D eigenvalue weighted by molar-refractivity contribution is -0.132. The first-order valence-corrected chi connectivity index (χ1v) is 8.85. The monoisotopic (exact) mass is 386 g/mol. The van der Waals surface area contributed by atoms with Crippen LogP contribution in [-0.2, 0) is 4.79 Å². The average Bonchev–Trinajstić information content (AvgIpc) is 2.68. The molecule has 0 radical (unpaired) electrons. The smallest absolute Gasteiger partial charge is 0.308 e. The van der Waals surface area contributed by atoms with Crippen molar-refractivity contribution >= 4 is 12.0 Å². The zero-order chi connectivity index (χ0) is 20.7. The van der Waals surface area contributed by atoms with Gasteiger partial charge in [0.25, 0.3) is 0 Å². The topological polar surface area (TPSA) is 63.2 Å². The highest BCUT2D eigenvalue weighted by Gasteiger charge is 2.20. The molecule has 150 valence electrons. The average molecular weight is 386 g/mol. The van der Waals surface area contributed by atoms with Gasteiger partial charge in [0.1, 0.15) is 6.10 Å². The maximum Gasteiger partial charge on any atom is 0.308 e. The molecule has 2 rings (SSSR count). The quantitative estimate of drug-likeness (QED) is 0.479. The summed E-state index contributed by atoms with van der Waals surface area (Å²) in [4.78, 5) is 11.4. The second-order valence-corrected chi connectivity index (χ2v) is 6.02. The molecule has 0 N–H and O–H groups in total. The Bertz CT molecular complexity index is 831. The molecule has 0 spiro atoms. The predicted molar refractivity (Wildman–Crippen MR) is 108 cm³/mol. The molecule has 0 saturated heterocycles. The number of allylic oxidation sites excluding steroid dienone is 1. The molecule has 0 aliphatic heterocycles. The summed E-state index contributed by atoms with van der Waals surface area (Å²) in [7, 11) is 4.60. The highest BCUT2D eigenvalue weighted by molar-refractivity contribution is 5.72. The molecule has 0 bridgehead atoms. The lowest BCUT2D eigenvalue weighted by atomic mass is 10.1. The van der Waals surface area contributed by atoms with Crippen LogP contribution in [0, 0.1) is 0 Å². The molecule has 6 nitrogen and oxygen atoms in total. The van der Waals surface area contributed by atoms with Crippen LogP contribution in [-0.4, -0.2) is 27.3 Å². The van der Waals surface area contributed by atoms with Gasteiger partial charge in [-0.25, -0.2) is 0 Å². The normalized spacial score (nSPS) is 11.8. The minimum atomic E-state index is -0.459. The predicted octanol–water partition coefficient (Wildman–Crippen LogP) is 4.81. The van der Waals surface area contributed by atoms with Gasteiger partial charge in [-0.1, -0.05) is 18.2 Å². The van der Waals surface area contributed by atoms with Gasteiger partial charge in [0, 0.05) is 6.92 Å². The van der Waals surface area contributed by atoms with Gasteiger partial charge in [0.05, 0.1) is 21.3 Å². The highest BCUT2D eigenvalue weighted by Crippen LogP contribution is 2.41. The van der Waals surface area contributed by atoms with Crippen LogP contribution in [0.2, 0.25) is 0 Å². The van der Waals surface area contributed by atoms with Crippen LogP contribution in [0.1, 0.15) is 38.0 Å². The van der Waals surface area contributed by atoms with Crippen molar-refractivity contribution in [3.63, 3.8) is 0 Å². The van der Waals surface area contributed by atoms with E-state index in [1.807, 2.05) is 44.2 Å². The molecular weight excluding hydrogens is 360 g/mol. The molecule has 0 aromatic heterocycles. The maximum atomic E-state index is 11.4. The summed E-state index contributed by atoms with van der Waals surface area (Å²) in [5.41, 5.74) is 1.82. The molecule has 0 aliphatic carbocycles. The molecule has 0 amide bonds. The zero-order valence-corrected chi connectivity index (χ0v) is 17.1. The molecule has 1 atom stereocenters. The van der Waals surface area contributed by atoms with Crippen molar-refractivity contribution in [2.45, 2.75) is 26.9 Å². The Hall–Kier alpha value is -3.15. The van der Waals surface area contributed by atoms with E-state index in [1.165, 1.54) is 21.1 Å². The van der Waals surface area contributed by atoms with E-state index in [1.54, 1.807) is 19.2 Å². The lowest BCUT2D eigenvalue weighted by Gasteiger charge is -2.20. The number of rotatable bonds is 8. The van der Waals surface area contributed by atoms with Crippen molar-refractivity contribution in [2.75, 3.05) is 21.3 Å². The van der Waals surface area contributed by atoms with Gasteiger partial charge in [-0.2, -0.15) is 0 Å². The fourth-order valence-electron chi connectivity index (χ4n) is 2.72. The van der Waals surface area contributed by atoms with Gasteiger partial charge in [0.2, 0.25) is 5.75 Å². The number of esters is 1. The fraction of sp³-hybridized carbons (Fsp3) is 0.318. The van der Waals surface area contributed by atoms with Crippen LogP contribution < -0.4 is 23.7 Å². The van der Waals surface area contributed by atoms with E-state index in [9.17, 15) is 4.79 Å². The SMILES string of the molecule is C/C=C\c1ccc(OC(C)c2cc(OC)c(OC(C)=O)c(OC)c2)c(OC)c1. The Morgan fingerprint density at radius 2 is 1.54 bits per heavy atom. The number of ether oxygens (including phenoxy) is 5. The second kappa shape index (κ2) is 9.69. The van der Waals surface area contributed by atoms with Gasteiger partial charge in [-0.05, 0) is 49.2 Å². The molecule has 6 heteroatoms. The van der Waals surface area contributed by atoms with Crippen LogP contribution in [0.4, 0.5) is 0 Å². The Morgan fingerprint density at radius 1 is 0.929 bits per heavy atom. The second-order valence-electron chi connectivity index (χ2n) is 6.02. The third-order valence-corrected chi connectivity index (χ3v) is 4.05. The third kappa shape index (κ3) is 4.97. The minimum Gasteiger partial charge on any atom is -0.493 e. The van der Waals surface area contributed by atoms with Crippen molar-refractivity contribution in [3.8, 4) is 28.7 Å². The summed E-state index contributed by atoms with van der Waals surface area (Å²) in [6, 6.07) is 9.24. The van der Waals surface area contributed by atoms with E-state index in [4.69, 9.17) is 23.7 Å². The van der Waals surface area contributed by atoms with Crippen LogP contribution in [0.15, 0.2) is 36.4 Å². The largest absolute Gasteiger partial charge is 0.493 e. The molecule has 28 heavy (non-hydrogen) atoms. The van der Waals surface area contributed by atoms with E-state index in [-0.39, 0.29) is 11.9 Å². The molecule has 2 aromatic rings. The Balaban J connectivity index is 2.36. The number of benzene rings is 2. The van der Waals surface area contributed by atoms with Gasteiger partial charge in [0.15, 0.2) is 23.0 Å². The molecule has 1 unspecified atom stereocenters. The first-order chi connectivity index (χ1) is 13.4. The van der Waals surface area contributed by atoms with Gasteiger partial charge < -0.3 is 23.7 Å². The van der Waals surface area contributed by atoms with Crippen molar-refractivity contribution < 1.29 is 28.5 Å². The maximum absolute atomic E-state index is 11.4. The van der Waals surface area contributed by atoms with Crippen molar-refractivity contribution in [1.82, 2.24) is 0 Å². The summed E-state index contributed by atoms with van der Waals surface area (Å²) in [5, 5.41) is 0. The summed E-state index contributed by atoms with van der Waals surface area (Å²) in [6.07, 6.45) is 3.61. The van der Waals surface area contributed by atoms with Gasteiger partial charge >= 0.3 is 5.97 Å². The van der Waals surface area contributed by atoms with E-state index < -0.39 is 5.97 Å². The van der Waals surface area contributed by atoms with E-state index in [0.29, 0.717) is 23.0 Å². The number of carbonyl (C=O) groups excluding carboxylic acids is 1. The van der Waals surface area contributed by atoms with Crippen LogP contribution in [0.3, 0.4) is 0 Å². The summed E-state index contributed by atoms with van der Waals surface area (Å²) < 4.78 is 27.5. The Morgan fingerprint density at radius 3 is 2.04 bits per heavy atom. The Kier molecular flexibility index (Phi) is 7.32.